The number of aryl methyl sites for hydroxylation is 2. The van der Waals surface area contributed by atoms with E-state index in [0.717, 1.165) is 24.0 Å². The molecule has 0 unspecified atom stereocenters. The number of carbonyl (C=O) groups is 2. The first-order valence-corrected chi connectivity index (χ1v) is 13.2. The lowest BCUT2D eigenvalue weighted by Gasteiger charge is -2.25. The lowest BCUT2D eigenvalue weighted by molar-refractivity contribution is -0.137. The highest BCUT2D eigenvalue weighted by Crippen LogP contribution is 2.29. The summed E-state index contributed by atoms with van der Waals surface area (Å²) in [6.07, 6.45) is 10.7. The van der Waals surface area contributed by atoms with Crippen molar-refractivity contribution < 1.29 is 19.2 Å². The number of ether oxygens (including phenoxy) is 1. The molecule has 1 amide bonds. The van der Waals surface area contributed by atoms with Crippen LogP contribution in [-0.2, 0) is 20.8 Å². The average molecular weight is 517 g/mol. The van der Waals surface area contributed by atoms with E-state index in [9.17, 15) is 9.59 Å². The van der Waals surface area contributed by atoms with Gasteiger partial charge in [0, 0.05) is 24.5 Å². The maximum Gasteiger partial charge on any atom is 0.338 e. The minimum absolute atomic E-state index is 0.0922. The molecule has 198 valence electrons. The Balaban J connectivity index is 2.34. The third-order valence-electron chi connectivity index (χ3n) is 5.69. The van der Waals surface area contributed by atoms with Gasteiger partial charge in [0.2, 0.25) is 0 Å². The van der Waals surface area contributed by atoms with Crippen LogP contribution in [0.2, 0.25) is 5.02 Å². The summed E-state index contributed by atoms with van der Waals surface area (Å²) in [7, 11) is 0. The van der Waals surface area contributed by atoms with Crippen molar-refractivity contribution in [3.05, 3.63) is 57.6 Å². The van der Waals surface area contributed by atoms with E-state index >= 15 is 0 Å². The molecule has 0 bridgehead atoms. The number of fused-ring (bicyclic) bond motifs is 1. The highest BCUT2D eigenvalue weighted by Gasteiger charge is 2.22. The second-order valence-electron chi connectivity index (χ2n) is 10.2. The molecular weight excluding hydrogens is 476 g/mol. The molecule has 1 aromatic carbocycles. The molecule has 0 atom stereocenters. The number of benzene rings is 1. The van der Waals surface area contributed by atoms with Gasteiger partial charge in [0.15, 0.2) is 6.61 Å². The first-order valence-electron chi connectivity index (χ1n) is 12.8. The van der Waals surface area contributed by atoms with E-state index in [1.165, 1.54) is 0 Å². The number of allylic oxidation sites excluding steroid dienone is 3. The number of cyclic esters (lactones) is 1. The minimum Gasteiger partial charge on any atom is -0.462 e. The van der Waals surface area contributed by atoms with E-state index in [2.05, 4.69) is 38.9 Å². The number of hydrogen-bond acceptors (Lipinski definition) is 5. The molecule has 0 aliphatic carbocycles. The molecule has 6 nitrogen and oxygen atoms in total. The first-order chi connectivity index (χ1) is 17.1. The molecule has 36 heavy (non-hydrogen) atoms. The van der Waals surface area contributed by atoms with Crippen LogP contribution in [0, 0.1) is 25.7 Å². The van der Waals surface area contributed by atoms with E-state index in [4.69, 9.17) is 21.2 Å². The summed E-state index contributed by atoms with van der Waals surface area (Å²) in [5.74, 6) is 0.235. The number of rotatable bonds is 7. The zero-order valence-corrected chi connectivity index (χ0v) is 23.4. The lowest BCUT2D eigenvalue weighted by Crippen LogP contribution is -2.39. The van der Waals surface area contributed by atoms with Crippen molar-refractivity contribution in [1.29, 1.82) is 0 Å². The van der Waals surface area contributed by atoms with Crippen molar-refractivity contribution in [2.24, 2.45) is 17.0 Å². The average Bonchev–Trinajstić information content (AvgIpc) is 2.79. The predicted octanol–water partition coefficient (Wildman–Crippen LogP) is 6.47. The summed E-state index contributed by atoms with van der Waals surface area (Å²) in [5.41, 5.74) is 3.39. The van der Waals surface area contributed by atoms with Crippen LogP contribution in [0.4, 0.5) is 0 Å². The van der Waals surface area contributed by atoms with Crippen molar-refractivity contribution in [2.75, 3.05) is 26.3 Å². The van der Waals surface area contributed by atoms with Gasteiger partial charge in [-0.25, -0.2) is 4.79 Å². The van der Waals surface area contributed by atoms with E-state index < -0.39 is 5.97 Å². The fourth-order valence-electron chi connectivity index (χ4n) is 4.16. The van der Waals surface area contributed by atoms with Gasteiger partial charge in [0.25, 0.3) is 5.91 Å². The number of esters is 1. The van der Waals surface area contributed by atoms with Crippen molar-refractivity contribution in [1.82, 2.24) is 4.90 Å². The second kappa shape index (κ2) is 14.8. The van der Waals surface area contributed by atoms with Crippen molar-refractivity contribution in [3.8, 4) is 0 Å². The van der Waals surface area contributed by atoms with Crippen LogP contribution < -0.4 is 0 Å². The van der Waals surface area contributed by atoms with Crippen LogP contribution >= 0.6 is 11.6 Å². The molecule has 0 saturated carbocycles. The van der Waals surface area contributed by atoms with Crippen LogP contribution in [0.15, 0.2) is 35.5 Å². The van der Waals surface area contributed by atoms with E-state index in [1.807, 2.05) is 43.0 Å². The van der Waals surface area contributed by atoms with Crippen molar-refractivity contribution in [2.45, 2.75) is 67.2 Å². The molecule has 0 saturated heterocycles. The van der Waals surface area contributed by atoms with Crippen LogP contribution in [0.3, 0.4) is 0 Å². The summed E-state index contributed by atoms with van der Waals surface area (Å²) in [5, 5.41) is 4.82. The smallest absolute Gasteiger partial charge is 0.338 e. The fraction of sp³-hybridized carbons (Fsp3) is 0.552. The molecule has 1 aliphatic rings. The van der Waals surface area contributed by atoms with Crippen LogP contribution in [-0.4, -0.2) is 48.8 Å². The number of oxime groups is 1. The van der Waals surface area contributed by atoms with Gasteiger partial charge in [0.05, 0.1) is 17.9 Å². The molecule has 0 N–H and O–H groups in total. The number of amides is 1. The molecular formula is C29H41ClN2O4. The van der Waals surface area contributed by atoms with Gasteiger partial charge in [0.1, 0.15) is 0 Å². The number of hydrogen-bond donors (Lipinski definition) is 0. The highest BCUT2D eigenvalue weighted by molar-refractivity contribution is 6.33. The van der Waals surface area contributed by atoms with Gasteiger partial charge in [-0.05, 0) is 67.7 Å². The normalized spacial score (nSPS) is 17.9. The number of nitrogens with zero attached hydrogens (tertiary/aromatic N) is 2. The molecule has 1 aromatic rings. The zero-order chi connectivity index (χ0) is 26.7. The Bertz CT molecular complexity index is 985. The standard InChI is InChI=1S/C29H41ClN2O4/c1-20(2)17-32(18-21(3)4)26(33)19-36-31-24-13-11-9-7-8-10-12-14-35-29(34)27-22(5)15-23(6)28(30)25(27)16-24/h8,10-11,13,15,20-21H,7,9,12,14,16-19H2,1-6H3/b10-8+,13-11+,31-24+. The predicted molar refractivity (Wildman–Crippen MR) is 147 cm³/mol. The molecule has 7 heteroatoms. The molecule has 0 spiro atoms. The van der Waals surface area contributed by atoms with Gasteiger partial charge in [-0.15, -0.1) is 0 Å². The van der Waals surface area contributed by atoms with Gasteiger partial charge in [-0.2, -0.15) is 0 Å². The molecule has 0 fully saturated rings. The van der Waals surface area contributed by atoms with Gasteiger partial charge in [-0.1, -0.05) is 68.7 Å². The minimum atomic E-state index is -0.396. The maximum atomic E-state index is 13.0. The Morgan fingerprint density at radius 1 is 1.06 bits per heavy atom. The van der Waals surface area contributed by atoms with Gasteiger partial charge < -0.3 is 14.5 Å². The van der Waals surface area contributed by atoms with Crippen molar-refractivity contribution in [3.63, 3.8) is 0 Å². The van der Waals surface area contributed by atoms with Crippen LogP contribution in [0.25, 0.3) is 0 Å². The Kier molecular flexibility index (Phi) is 12.2. The zero-order valence-electron chi connectivity index (χ0n) is 22.6. The van der Waals surface area contributed by atoms with Crippen LogP contribution in [0.1, 0.15) is 74.0 Å². The number of halogens is 1. The molecule has 0 aromatic heterocycles. The highest BCUT2D eigenvalue weighted by atomic mass is 35.5. The Hall–Kier alpha value is -2.60. The molecule has 0 radical (unpaired) electrons. The maximum absolute atomic E-state index is 13.0. The Morgan fingerprint density at radius 3 is 2.36 bits per heavy atom. The third-order valence-corrected chi connectivity index (χ3v) is 6.22. The third kappa shape index (κ3) is 9.45. The van der Waals surface area contributed by atoms with Crippen molar-refractivity contribution >= 4 is 29.2 Å². The monoisotopic (exact) mass is 516 g/mol. The van der Waals surface area contributed by atoms with Gasteiger partial charge >= 0.3 is 5.97 Å². The molecule has 1 heterocycles. The summed E-state index contributed by atoms with van der Waals surface area (Å²) in [4.78, 5) is 33.2. The molecule has 1 aliphatic heterocycles. The van der Waals surface area contributed by atoms with E-state index in [-0.39, 0.29) is 18.9 Å². The van der Waals surface area contributed by atoms with Crippen LogP contribution in [0.5, 0.6) is 0 Å². The van der Waals surface area contributed by atoms with E-state index in [1.54, 1.807) is 0 Å². The Labute approximate surface area is 221 Å². The SMILES string of the molecule is Cc1cc(C)c2c(c1Cl)CC(=N/OCC(=O)N(CC(C)C)CC(C)C)/C=C/CC/C=C/CCOC2=O. The largest absolute Gasteiger partial charge is 0.462 e. The molecule has 2 rings (SSSR count). The topological polar surface area (TPSA) is 68.2 Å². The van der Waals surface area contributed by atoms with E-state index in [0.29, 0.717) is 59.8 Å². The first kappa shape index (κ1) is 29.6. The fourth-order valence-corrected chi connectivity index (χ4v) is 4.38. The quantitative estimate of drug-likeness (QED) is 0.237. The summed E-state index contributed by atoms with van der Waals surface area (Å²) < 4.78 is 5.54. The lowest BCUT2D eigenvalue weighted by atomic mass is 9.94. The Morgan fingerprint density at radius 2 is 1.69 bits per heavy atom. The summed E-state index contributed by atoms with van der Waals surface area (Å²) in [6, 6.07) is 1.89. The van der Waals surface area contributed by atoms with Gasteiger partial charge in [-0.3, -0.25) is 4.79 Å². The summed E-state index contributed by atoms with van der Waals surface area (Å²) in [6.45, 7) is 13.7. The summed E-state index contributed by atoms with van der Waals surface area (Å²) >= 11 is 6.69. The second-order valence-corrected chi connectivity index (χ2v) is 10.6. The number of carbonyl (C=O) groups excluding carboxylic acids is 2.